The Labute approximate surface area is 132 Å². The third-order valence-corrected chi connectivity index (χ3v) is 3.66. The molecule has 22 heavy (non-hydrogen) atoms. The van der Waals surface area contributed by atoms with Crippen molar-refractivity contribution in [2.45, 2.75) is 58.2 Å². The van der Waals surface area contributed by atoms with E-state index in [-0.39, 0.29) is 12.1 Å². The van der Waals surface area contributed by atoms with Crippen LogP contribution in [0.2, 0.25) is 0 Å². The smallest absolute Gasteiger partial charge is 0.410 e. The van der Waals surface area contributed by atoms with E-state index >= 15 is 0 Å². The summed E-state index contributed by atoms with van der Waals surface area (Å²) in [7, 11) is 0. The first kappa shape index (κ1) is 16.7. The molecule has 1 N–H and O–H groups in total. The van der Waals surface area contributed by atoms with Crippen molar-refractivity contribution in [2.24, 2.45) is 0 Å². The molecule has 122 valence electrons. The van der Waals surface area contributed by atoms with Crippen LogP contribution in [0.25, 0.3) is 0 Å². The minimum absolute atomic E-state index is 0.159. The number of carbonyl (C=O) groups is 1. The fraction of sp³-hybridized carbons (Fsp3) is 0.688. The first-order valence-corrected chi connectivity index (χ1v) is 7.85. The van der Waals surface area contributed by atoms with Crippen LogP contribution in [0.3, 0.4) is 0 Å². The van der Waals surface area contributed by atoms with E-state index in [1.54, 1.807) is 23.5 Å². The van der Waals surface area contributed by atoms with Crippen molar-refractivity contribution in [2.75, 3.05) is 13.1 Å². The van der Waals surface area contributed by atoms with Gasteiger partial charge in [0.05, 0.1) is 5.69 Å². The molecule has 0 unspecified atom stereocenters. The van der Waals surface area contributed by atoms with Crippen molar-refractivity contribution < 1.29 is 9.53 Å². The lowest BCUT2D eigenvalue weighted by atomic mass is 10.0. The van der Waals surface area contributed by atoms with Crippen LogP contribution in [-0.4, -0.2) is 45.7 Å². The lowest BCUT2D eigenvalue weighted by Crippen LogP contribution is -2.47. The fourth-order valence-electron chi connectivity index (χ4n) is 2.53. The number of aromatic nitrogens is 2. The van der Waals surface area contributed by atoms with Crippen molar-refractivity contribution in [3.05, 3.63) is 24.3 Å². The summed E-state index contributed by atoms with van der Waals surface area (Å²) in [6, 6.07) is 0.544. The third-order valence-electron chi connectivity index (χ3n) is 3.66. The molecule has 1 aromatic rings. The molecule has 0 spiro atoms. The molecule has 1 saturated heterocycles. The van der Waals surface area contributed by atoms with Gasteiger partial charge >= 0.3 is 6.09 Å². The molecular weight excluding hydrogens is 280 g/mol. The van der Waals surface area contributed by atoms with Gasteiger partial charge in [-0.3, -0.25) is 9.97 Å². The summed E-state index contributed by atoms with van der Waals surface area (Å²) >= 11 is 0. The van der Waals surface area contributed by atoms with Gasteiger partial charge in [-0.25, -0.2) is 4.79 Å². The van der Waals surface area contributed by atoms with Crippen LogP contribution in [0.5, 0.6) is 0 Å². The zero-order valence-corrected chi connectivity index (χ0v) is 13.9. The molecule has 0 radical (unpaired) electrons. The SMILES string of the molecule is C[C@H](NC1CCN(C(=O)OC(C)(C)C)CC1)c1cnccn1. The number of hydrogen-bond acceptors (Lipinski definition) is 5. The molecule has 1 aliphatic rings. The Kier molecular flexibility index (Phi) is 5.34. The maximum absolute atomic E-state index is 12.0. The van der Waals surface area contributed by atoms with Gasteiger partial charge < -0.3 is 15.0 Å². The lowest BCUT2D eigenvalue weighted by Gasteiger charge is -2.34. The first-order chi connectivity index (χ1) is 10.3. The summed E-state index contributed by atoms with van der Waals surface area (Å²) in [4.78, 5) is 22.2. The van der Waals surface area contributed by atoms with Gasteiger partial charge in [0.25, 0.3) is 0 Å². The number of piperidine rings is 1. The van der Waals surface area contributed by atoms with E-state index in [1.807, 2.05) is 20.8 Å². The molecule has 1 aliphatic heterocycles. The van der Waals surface area contributed by atoms with Gasteiger partial charge in [-0.1, -0.05) is 0 Å². The molecule has 6 nitrogen and oxygen atoms in total. The highest BCUT2D eigenvalue weighted by atomic mass is 16.6. The molecule has 2 heterocycles. The molecule has 1 atom stereocenters. The van der Waals surface area contributed by atoms with E-state index in [9.17, 15) is 4.79 Å². The summed E-state index contributed by atoms with van der Waals surface area (Å²) in [5, 5.41) is 3.56. The number of amides is 1. The molecule has 0 aliphatic carbocycles. The molecule has 2 rings (SSSR count). The van der Waals surface area contributed by atoms with Gasteiger partial charge in [0.1, 0.15) is 5.60 Å². The number of ether oxygens (including phenoxy) is 1. The normalized spacial score (nSPS) is 18.1. The van der Waals surface area contributed by atoms with E-state index in [0.717, 1.165) is 31.6 Å². The van der Waals surface area contributed by atoms with Gasteiger partial charge in [0.15, 0.2) is 0 Å². The van der Waals surface area contributed by atoms with Crippen molar-refractivity contribution >= 4 is 6.09 Å². The third kappa shape index (κ3) is 4.94. The number of hydrogen-bond donors (Lipinski definition) is 1. The quantitative estimate of drug-likeness (QED) is 0.929. The van der Waals surface area contributed by atoms with Crippen LogP contribution in [0.4, 0.5) is 4.79 Å². The molecule has 6 heteroatoms. The second-order valence-electron chi connectivity index (χ2n) is 6.76. The zero-order chi connectivity index (χ0) is 16.2. The van der Waals surface area contributed by atoms with E-state index in [2.05, 4.69) is 22.2 Å². The minimum atomic E-state index is -0.438. The Morgan fingerprint density at radius 2 is 2.05 bits per heavy atom. The lowest BCUT2D eigenvalue weighted by molar-refractivity contribution is 0.0196. The molecule has 0 saturated carbocycles. The van der Waals surface area contributed by atoms with E-state index in [1.165, 1.54) is 0 Å². The van der Waals surface area contributed by atoms with Gasteiger partial charge in [-0.15, -0.1) is 0 Å². The average Bonchev–Trinajstić information content (AvgIpc) is 2.47. The predicted molar refractivity (Wildman–Crippen MR) is 84.4 cm³/mol. The summed E-state index contributed by atoms with van der Waals surface area (Å²) in [6.07, 6.45) is 6.79. The topological polar surface area (TPSA) is 67.4 Å². The van der Waals surface area contributed by atoms with Crippen LogP contribution in [0.1, 0.15) is 52.3 Å². The second kappa shape index (κ2) is 7.05. The van der Waals surface area contributed by atoms with Crippen LogP contribution in [-0.2, 0) is 4.74 Å². The van der Waals surface area contributed by atoms with E-state index in [4.69, 9.17) is 4.74 Å². The summed E-state index contributed by atoms with van der Waals surface area (Å²) < 4.78 is 5.41. The van der Waals surface area contributed by atoms with Crippen molar-refractivity contribution in [1.82, 2.24) is 20.2 Å². The highest BCUT2D eigenvalue weighted by molar-refractivity contribution is 5.68. The van der Waals surface area contributed by atoms with Crippen LogP contribution < -0.4 is 5.32 Å². The highest BCUT2D eigenvalue weighted by Crippen LogP contribution is 2.18. The van der Waals surface area contributed by atoms with Crippen molar-refractivity contribution in [1.29, 1.82) is 0 Å². The average molecular weight is 306 g/mol. The summed E-state index contributed by atoms with van der Waals surface area (Å²) in [6.45, 7) is 9.20. The minimum Gasteiger partial charge on any atom is -0.444 e. The largest absolute Gasteiger partial charge is 0.444 e. The molecule has 1 amide bonds. The Morgan fingerprint density at radius 3 is 2.59 bits per heavy atom. The molecule has 0 bridgehead atoms. The van der Waals surface area contributed by atoms with Crippen LogP contribution >= 0.6 is 0 Å². The Morgan fingerprint density at radius 1 is 1.36 bits per heavy atom. The second-order valence-corrected chi connectivity index (χ2v) is 6.76. The highest BCUT2D eigenvalue weighted by Gasteiger charge is 2.27. The number of likely N-dealkylation sites (tertiary alicyclic amines) is 1. The maximum Gasteiger partial charge on any atom is 0.410 e. The number of nitrogens with one attached hydrogen (secondary N) is 1. The van der Waals surface area contributed by atoms with E-state index < -0.39 is 5.60 Å². The predicted octanol–water partition coefficient (Wildman–Crippen LogP) is 2.53. The maximum atomic E-state index is 12.0. The van der Waals surface area contributed by atoms with Crippen molar-refractivity contribution in [3.63, 3.8) is 0 Å². The van der Waals surface area contributed by atoms with Gasteiger partial charge in [-0.05, 0) is 40.5 Å². The molecule has 0 aromatic carbocycles. The molecule has 1 fully saturated rings. The number of rotatable bonds is 3. The van der Waals surface area contributed by atoms with Crippen molar-refractivity contribution in [3.8, 4) is 0 Å². The first-order valence-electron chi connectivity index (χ1n) is 7.85. The van der Waals surface area contributed by atoms with E-state index in [0.29, 0.717) is 6.04 Å². The van der Waals surface area contributed by atoms with Crippen LogP contribution in [0, 0.1) is 0 Å². The summed E-state index contributed by atoms with van der Waals surface area (Å²) in [5.74, 6) is 0. The Hall–Kier alpha value is -1.69. The number of carbonyl (C=O) groups excluding carboxylic acids is 1. The standard InChI is InChI=1S/C16H26N4O2/c1-12(14-11-17-7-8-18-14)19-13-5-9-20(10-6-13)15(21)22-16(2,3)4/h7-8,11-13,19H,5-6,9-10H2,1-4H3/t12-/m0/s1. The monoisotopic (exact) mass is 306 g/mol. The van der Waals surface area contributed by atoms with Gasteiger partial charge in [0, 0.05) is 43.8 Å². The van der Waals surface area contributed by atoms with Crippen LogP contribution in [0.15, 0.2) is 18.6 Å². The number of nitrogens with zero attached hydrogens (tertiary/aromatic N) is 3. The fourth-order valence-corrected chi connectivity index (χ4v) is 2.53. The Bertz CT molecular complexity index is 479. The zero-order valence-electron chi connectivity index (χ0n) is 13.9. The van der Waals surface area contributed by atoms with Gasteiger partial charge in [-0.2, -0.15) is 0 Å². The Balaban J connectivity index is 1.79. The molecular formula is C16H26N4O2. The van der Waals surface area contributed by atoms with Gasteiger partial charge in [0.2, 0.25) is 0 Å². The summed E-state index contributed by atoms with van der Waals surface area (Å²) in [5.41, 5.74) is 0.504. The molecule has 1 aromatic heterocycles.